The first kappa shape index (κ1) is 24.4. The summed E-state index contributed by atoms with van der Waals surface area (Å²) in [7, 11) is -1.03. The summed E-state index contributed by atoms with van der Waals surface area (Å²) in [6.45, 7) is 2.82. The van der Waals surface area contributed by atoms with Gasteiger partial charge in [-0.2, -0.15) is 0 Å². The van der Waals surface area contributed by atoms with Crippen LogP contribution >= 0.6 is 0 Å². The molecule has 0 aliphatic carbocycles. The average molecular weight is 262 g/mol. The largest absolute Gasteiger partial charge is 0.496 e. The number of hydrogen-bond donors (Lipinski definition) is 3. The molecule has 0 atom stereocenters. The molecule has 98 valence electrons. The maximum Gasteiger partial charge on any atom is 0.496 e. The van der Waals surface area contributed by atoms with Crippen molar-refractivity contribution in [1.82, 2.24) is 0 Å². The first-order chi connectivity index (χ1) is 5.68. The van der Waals surface area contributed by atoms with Crippen molar-refractivity contribution in [2.45, 2.75) is 27.9 Å². The Morgan fingerprint density at radius 3 is 0.867 bits per heavy atom. The van der Waals surface area contributed by atoms with Crippen molar-refractivity contribution in [2.24, 2.45) is 0 Å². The maximum atomic E-state index is 7.77. The van der Waals surface area contributed by atoms with Gasteiger partial charge in [0.15, 0.2) is 0 Å². The monoisotopic (exact) mass is 262 g/mol. The highest BCUT2D eigenvalue weighted by Gasteiger charge is 2.29. The first-order valence-corrected chi connectivity index (χ1v) is 8.07. The molecule has 3 N–H and O–H groups in total. The van der Waals surface area contributed by atoms with E-state index < -0.39 is 17.6 Å². The van der Waals surface area contributed by atoms with E-state index >= 15 is 0 Å². The predicted molar refractivity (Wildman–Crippen MR) is 64.4 cm³/mol. The summed E-state index contributed by atoms with van der Waals surface area (Å²) in [4.78, 5) is 23.3. The van der Waals surface area contributed by atoms with Crippen LogP contribution in [0.1, 0.15) is 14.9 Å². The van der Waals surface area contributed by atoms with Crippen molar-refractivity contribution in [3.8, 4) is 0 Å². The summed E-state index contributed by atoms with van der Waals surface area (Å²) in [5.74, 6) is 0. The zero-order valence-electron chi connectivity index (χ0n) is 8.57. The van der Waals surface area contributed by atoms with Gasteiger partial charge in [-0.05, 0) is 0 Å². The Morgan fingerprint density at radius 1 is 0.733 bits per heavy atom. The van der Waals surface area contributed by atoms with Gasteiger partial charge in [-0.25, -0.2) is 0 Å². The molecule has 0 unspecified atom stereocenters. The molecule has 0 aliphatic heterocycles. The fraction of sp³-hybridized carbons (Fsp3) is 1.00. The van der Waals surface area contributed by atoms with Crippen molar-refractivity contribution >= 4 is 17.6 Å². The smallest absolute Gasteiger partial charge is 0.390 e. The summed E-state index contributed by atoms with van der Waals surface area (Å²) in [6.07, 6.45) is 0. The summed E-state index contributed by atoms with van der Waals surface area (Å²) in [6, 6.07) is 0. The third kappa shape index (κ3) is 25.0. The number of rotatable bonds is 3. The second kappa shape index (κ2) is 10.7. The average Bonchev–Trinajstić information content (AvgIpc) is 2.00. The van der Waals surface area contributed by atoms with Gasteiger partial charge >= 0.3 is 17.6 Å². The van der Waals surface area contributed by atoms with E-state index in [0.717, 1.165) is 6.55 Å². The van der Waals surface area contributed by atoms with E-state index in [4.69, 9.17) is 27.7 Å². The minimum atomic E-state index is -3.61. The van der Waals surface area contributed by atoms with E-state index in [1.165, 1.54) is 0 Å². The van der Waals surface area contributed by atoms with Gasteiger partial charge in [-0.1, -0.05) is 14.9 Å². The van der Waals surface area contributed by atoms with E-state index in [0.29, 0.717) is 0 Å². The molecule has 0 fully saturated rings. The van der Waals surface area contributed by atoms with Crippen LogP contribution < -0.4 is 0 Å². The van der Waals surface area contributed by atoms with Crippen molar-refractivity contribution < 1.29 is 27.7 Å². The normalized spacial score (nSPS) is 10.4. The first-order valence-electron chi connectivity index (χ1n) is 3.51. The highest BCUT2D eigenvalue weighted by molar-refractivity contribution is 6.58. The van der Waals surface area contributed by atoms with E-state index in [-0.39, 0.29) is 14.9 Å². The third-order valence-corrected chi connectivity index (χ3v) is 3.34. The molecular formula is C7H26O6Si2. The Hall–Kier alpha value is 0.194. The van der Waals surface area contributed by atoms with Crippen molar-refractivity contribution in [3.05, 3.63) is 0 Å². The molecule has 0 rings (SSSR count). The summed E-state index contributed by atoms with van der Waals surface area (Å²) in [5, 5.41) is 0. The quantitative estimate of drug-likeness (QED) is 0.634. The van der Waals surface area contributed by atoms with Crippen LogP contribution in [0.4, 0.5) is 0 Å². The van der Waals surface area contributed by atoms with E-state index in [9.17, 15) is 0 Å². The van der Waals surface area contributed by atoms with E-state index in [1.54, 1.807) is 21.3 Å². The van der Waals surface area contributed by atoms with E-state index in [1.807, 2.05) is 6.55 Å². The minimum absolute atomic E-state index is 0. The van der Waals surface area contributed by atoms with Gasteiger partial charge in [-0.15, -0.1) is 0 Å². The zero-order chi connectivity index (χ0) is 11.1. The standard InChI is InChI=1S/C4H12O3Si.CH6O3Si.2CH4/c1-5-8(4,6-2)7-3;1-5(2,3)4;;/h1-4H3;2-4H,1H3;2*1H4. The molecule has 15 heavy (non-hydrogen) atoms. The highest BCUT2D eigenvalue weighted by Crippen LogP contribution is 2.02. The lowest BCUT2D eigenvalue weighted by Crippen LogP contribution is -2.38. The molecule has 0 bridgehead atoms. The van der Waals surface area contributed by atoms with Gasteiger partial charge in [0.1, 0.15) is 0 Å². The highest BCUT2D eigenvalue weighted by atomic mass is 28.4. The zero-order valence-corrected chi connectivity index (χ0v) is 10.6. The van der Waals surface area contributed by atoms with Crippen LogP contribution in [0.5, 0.6) is 0 Å². The summed E-state index contributed by atoms with van der Waals surface area (Å²) in [5.41, 5.74) is 0. The molecule has 0 aromatic rings. The fourth-order valence-corrected chi connectivity index (χ4v) is 0.750. The lowest BCUT2D eigenvalue weighted by molar-refractivity contribution is 0.132. The van der Waals surface area contributed by atoms with Crippen LogP contribution in [0.2, 0.25) is 13.1 Å². The molecule has 0 spiro atoms. The second-order valence-corrected chi connectivity index (χ2v) is 7.34. The molecular weight excluding hydrogens is 236 g/mol. The van der Waals surface area contributed by atoms with Gasteiger partial charge in [0.05, 0.1) is 0 Å². The Kier molecular flexibility index (Phi) is 17.4. The van der Waals surface area contributed by atoms with Crippen LogP contribution in [-0.2, 0) is 13.3 Å². The summed E-state index contributed by atoms with van der Waals surface area (Å²) >= 11 is 0. The van der Waals surface area contributed by atoms with Gasteiger partial charge in [0.2, 0.25) is 0 Å². The van der Waals surface area contributed by atoms with E-state index in [2.05, 4.69) is 0 Å². The third-order valence-electron chi connectivity index (χ3n) is 1.11. The summed E-state index contributed by atoms with van der Waals surface area (Å²) < 4.78 is 14.8. The SMILES string of the molecule is C.C.CO[Si](C)(OC)OC.C[Si](O)(O)O. The Labute approximate surface area is 95.2 Å². The molecule has 6 nitrogen and oxygen atoms in total. The Balaban J connectivity index is -0.0000000770. The van der Waals surface area contributed by atoms with Gasteiger partial charge in [0, 0.05) is 34.4 Å². The lowest BCUT2D eigenvalue weighted by atomic mass is 11.8. The minimum Gasteiger partial charge on any atom is -0.390 e. The molecule has 8 heteroatoms. The molecule has 0 aromatic heterocycles. The van der Waals surface area contributed by atoms with Gasteiger partial charge in [-0.3, -0.25) is 0 Å². The lowest BCUT2D eigenvalue weighted by Gasteiger charge is -2.18. The molecule has 0 aromatic carbocycles. The molecule has 0 amide bonds. The molecule has 0 radical (unpaired) electrons. The van der Waals surface area contributed by atoms with Crippen LogP contribution in [0.15, 0.2) is 0 Å². The van der Waals surface area contributed by atoms with Crippen molar-refractivity contribution in [1.29, 1.82) is 0 Å². The van der Waals surface area contributed by atoms with Crippen LogP contribution in [0.3, 0.4) is 0 Å². The fourth-order valence-electron chi connectivity index (χ4n) is 0.250. The van der Waals surface area contributed by atoms with Crippen LogP contribution in [0.25, 0.3) is 0 Å². The molecule has 0 aliphatic rings. The molecule has 0 saturated heterocycles. The van der Waals surface area contributed by atoms with Gasteiger partial charge < -0.3 is 27.7 Å². The topological polar surface area (TPSA) is 88.4 Å². The Bertz CT molecular complexity index is 109. The molecule has 0 heterocycles. The Morgan fingerprint density at radius 2 is 0.867 bits per heavy atom. The predicted octanol–water partition coefficient (Wildman–Crippen LogP) is 0.299. The van der Waals surface area contributed by atoms with Gasteiger partial charge in [0.25, 0.3) is 0 Å². The van der Waals surface area contributed by atoms with Crippen LogP contribution in [0, 0.1) is 0 Å². The molecule has 0 saturated carbocycles. The maximum absolute atomic E-state index is 7.77. The van der Waals surface area contributed by atoms with Crippen molar-refractivity contribution in [2.75, 3.05) is 21.3 Å². The van der Waals surface area contributed by atoms with Crippen molar-refractivity contribution in [3.63, 3.8) is 0 Å². The van der Waals surface area contributed by atoms with Crippen LogP contribution in [-0.4, -0.2) is 53.3 Å². The second-order valence-electron chi connectivity index (χ2n) is 2.45. The number of hydrogen-bond acceptors (Lipinski definition) is 6.